The average molecular weight is 1170 g/mol. The lowest BCUT2D eigenvalue weighted by atomic mass is 9.12. The fraction of sp³-hybridized carbons (Fsp3) is 0.176. The van der Waals surface area contributed by atoms with E-state index < -0.39 is 195 Å². The fourth-order valence-corrected chi connectivity index (χ4v) is 8.34. The van der Waals surface area contributed by atoms with E-state index in [4.69, 9.17) is 0 Å². The molecule has 4 nitrogen and oxygen atoms in total. The molecule has 29 heteroatoms. The fourth-order valence-electron chi connectivity index (χ4n) is 8.34. The van der Waals surface area contributed by atoms with Crippen molar-refractivity contribution in [2.75, 3.05) is 0 Å². The smallest absolute Gasteiger partial charge is 0.289 e. The molecule has 0 aliphatic heterocycles. The molecule has 80 heavy (non-hydrogen) atoms. The summed E-state index contributed by atoms with van der Waals surface area (Å²) in [6.45, 7) is 0.245. The maximum absolute atomic E-state index is 14.2. The summed E-state index contributed by atoms with van der Waals surface area (Å²) in [5.74, 6) is -0.0620. The minimum Gasteiger partial charge on any atom is -0.289 e. The van der Waals surface area contributed by atoms with Gasteiger partial charge in [0, 0.05) is 16.7 Å². The van der Waals surface area contributed by atoms with Gasteiger partial charge in [-0.15, -0.1) is 0 Å². The summed E-state index contributed by atoms with van der Waals surface area (Å²) in [4.78, 5) is 28.5. The van der Waals surface area contributed by atoms with Crippen LogP contribution in [0.1, 0.15) is 70.8 Å². The van der Waals surface area contributed by atoms with E-state index in [0.717, 1.165) is 0 Å². The molecule has 1 aromatic heterocycles. The van der Waals surface area contributed by atoms with Crippen LogP contribution >= 0.6 is 0 Å². The number of rotatable bonds is 9. The first-order chi connectivity index (χ1) is 36.5. The van der Waals surface area contributed by atoms with Crippen molar-refractivity contribution < 1.29 is 120 Å². The highest BCUT2D eigenvalue weighted by molar-refractivity contribution is 7.20. The SMILES string of the molecule is FC(F)(F)c1cc([B-](c2cc(C(F)(F)F)cc(C(F)(F)F)c2)(c2cc(C(F)(F)F)cc(C(F)(F)F)c2)c2cc(C(F)(F)F)cc(C(F)(F)F)c2)cc(C(F)(F)F)c1.O=C(C[n+]1ccncc1)c1ccc(C(=O)c2ccccc2)cc1. The number of nitrogens with zero attached hydrogens (tertiary/aromatic N) is 2. The maximum atomic E-state index is 14.2. The van der Waals surface area contributed by atoms with Crippen molar-refractivity contribution in [3.05, 3.63) is 213 Å². The van der Waals surface area contributed by atoms with Crippen LogP contribution in [0, 0.1) is 0 Å². The largest absolute Gasteiger partial charge is 0.416 e. The number of carbonyl (C=O) groups is 2. The summed E-state index contributed by atoms with van der Waals surface area (Å²) >= 11 is 0. The molecular formula is C51H27BF24N2O2. The monoisotopic (exact) mass is 1170 g/mol. The van der Waals surface area contributed by atoms with Gasteiger partial charge in [0.1, 0.15) is 6.15 Å². The zero-order chi connectivity index (χ0) is 60.0. The van der Waals surface area contributed by atoms with Gasteiger partial charge in [-0.2, -0.15) is 132 Å². The number of hydrogen-bond donors (Lipinski definition) is 0. The molecule has 7 aromatic rings. The first kappa shape index (κ1) is 61.3. The summed E-state index contributed by atoms with van der Waals surface area (Å²) in [5.41, 5.74) is -28.4. The molecule has 0 N–H and O–H groups in total. The Labute approximate surface area is 432 Å². The number of aromatic nitrogens is 2. The predicted octanol–water partition coefficient (Wildman–Crippen LogP) is 13.7. The van der Waals surface area contributed by atoms with E-state index in [1.54, 1.807) is 65.8 Å². The molecule has 0 aliphatic rings. The van der Waals surface area contributed by atoms with Crippen LogP contribution in [0.3, 0.4) is 0 Å². The van der Waals surface area contributed by atoms with Crippen LogP contribution in [-0.2, 0) is 56.0 Å². The Morgan fingerprint density at radius 1 is 0.338 bits per heavy atom. The van der Waals surface area contributed by atoms with Gasteiger partial charge in [-0.3, -0.25) is 14.6 Å². The minimum atomic E-state index is -6.13. The Morgan fingerprint density at radius 3 is 0.825 bits per heavy atom. The second kappa shape index (κ2) is 21.6. The standard InChI is InChI=1S/C32H12BF24.C19H15N2O2/c34-25(35,36)13-1-14(26(37,38)39)6-21(5-13)33(22-7-15(27(40,41)42)2-16(8-22)28(43,44)45,23-9-17(29(46,47)48)3-18(10-23)30(49,50)51)24-11-19(31(52,53)54)4-20(12-24)32(55,56)57;22-18(14-21-12-10-20-11-13-21)15-6-8-17(9-7-15)19(23)16-4-2-1-3-5-16/h1-12H;1-13H,14H2/q-1;+1. The first-order valence-corrected chi connectivity index (χ1v) is 21.9. The summed E-state index contributed by atoms with van der Waals surface area (Å²) in [5, 5.41) is 0. The lowest BCUT2D eigenvalue weighted by Crippen LogP contribution is -2.75. The topological polar surface area (TPSA) is 50.9 Å². The van der Waals surface area contributed by atoms with Crippen LogP contribution in [0.15, 0.2) is 152 Å². The van der Waals surface area contributed by atoms with E-state index in [2.05, 4.69) is 4.98 Å². The molecule has 0 saturated carbocycles. The molecule has 1 heterocycles. The van der Waals surface area contributed by atoms with Crippen LogP contribution in [0.25, 0.3) is 0 Å². The highest BCUT2D eigenvalue weighted by atomic mass is 19.4. The summed E-state index contributed by atoms with van der Waals surface area (Å²) in [6, 6.07) is 7.06. The van der Waals surface area contributed by atoms with Gasteiger partial charge in [0.05, 0.1) is 56.9 Å². The number of carbonyl (C=O) groups excluding carboxylic acids is 2. The molecule has 6 aromatic carbocycles. The van der Waals surface area contributed by atoms with Crippen molar-refractivity contribution in [3.63, 3.8) is 0 Å². The van der Waals surface area contributed by atoms with Gasteiger partial charge in [-0.1, -0.05) is 103 Å². The van der Waals surface area contributed by atoms with E-state index >= 15 is 0 Å². The lowest BCUT2D eigenvalue weighted by molar-refractivity contribution is -0.683. The summed E-state index contributed by atoms with van der Waals surface area (Å²) in [6.07, 6.45) is -48.1. The molecule has 0 spiro atoms. The lowest BCUT2D eigenvalue weighted by Gasteiger charge is -2.46. The number of alkyl halides is 24. The Bertz CT molecular complexity index is 2940. The first-order valence-electron chi connectivity index (χ1n) is 21.9. The molecule has 424 valence electrons. The summed E-state index contributed by atoms with van der Waals surface area (Å²) < 4.78 is 343. The zero-order valence-electron chi connectivity index (χ0n) is 39.0. The third-order valence-electron chi connectivity index (χ3n) is 12.0. The second-order valence-corrected chi connectivity index (χ2v) is 17.3. The van der Waals surface area contributed by atoms with Crippen LogP contribution < -0.4 is 26.4 Å². The van der Waals surface area contributed by atoms with Crippen molar-refractivity contribution >= 4 is 39.6 Å². The molecule has 0 radical (unpaired) electrons. The Kier molecular flexibility index (Phi) is 16.6. The van der Waals surface area contributed by atoms with E-state index in [-0.39, 0.29) is 18.1 Å². The molecule has 0 atom stereocenters. The van der Waals surface area contributed by atoms with Crippen molar-refractivity contribution in [1.82, 2.24) is 4.98 Å². The zero-order valence-corrected chi connectivity index (χ0v) is 39.0. The summed E-state index contributed by atoms with van der Waals surface area (Å²) in [7, 11) is 0. The second-order valence-electron chi connectivity index (χ2n) is 17.3. The van der Waals surface area contributed by atoms with Crippen molar-refractivity contribution in [2.45, 2.75) is 56.0 Å². The Hall–Kier alpha value is -7.88. The van der Waals surface area contributed by atoms with Crippen LogP contribution in [0.5, 0.6) is 0 Å². The Morgan fingerprint density at radius 2 is 0.575 bits per heavy atom. The van der Waals surface area contributed by atoms with Crippen LogP contribution in [-0.4, -0.2) is 22.7 Å². The molecule has 0 bridgehead atoms. The van der Waals surface area contributed by atoms with E-state index in [0.29, 0.717) is 16.7 Å². The number of halogens is 24. The van der Waals surface area contributed by atoms with Gasteiger partial charge in [-0.25, -0.2) is 0 Å². The number of Topliss-reactive ketones (excluding diaryl/α,β-unsaturated/α-hetero) is 1. The molecule has 7 rings (SSSR count). The molecular weight excluding hydrogens is 1140 g/mol. The normalized spacial score (nSPS) is 13.2. The van der Waals surface area contributed by atoms with Crippen LogP contribution in [0.4, 0.5) is 105 Å². The quantitative estimate of drug-likeness (QED) is 0.0626. The Balaban J connectivity index is 0.000000370. The predicted molar refractivity (Wildman–Crippen MR) is 235 cm³/mol. The molecule has 0 aliphatic carbocycles. The van der Waals surface area contributed by atoms with Gasteiger partial charge in [0.25, 0.3) is 0 Å². The molecule has 0 saturated heterocycles. The van der Waals surface area contributed by atoms with Crippen molar-refractivity contribution in [1.29, 1.82) is 0 Å². The molecule has 0 amide bonds. The molecule has 0 fully saturated rings. The number of benzene rings is 6. The highest BCUT2D eigenvalue weighted by Crippen LogP contribution is 2.41. The van der Waals surface area contributed by atoms with Gasteiger partial charge in [0.2, 0.25) is 12.3 Å². The number of ketones is 2. The van der Waals surface area contributed by atoms with Gasteiger partial charge in [-0.05, 0) is 24.3 Å². The van der Waals surface area contributed by atoms with E-state index in [1.807, 2.05) is 18.2 Å². The minimum absolute atomic E-state index is 0.0140. The van der Waals surface area contributed by atoms with Crippen molar-refractivity contribution in [2.24, 2.45) is 0 Å². The van der Waals surface area contributed by atoms with Crippen molar-refractivity contribution in [3.8, 4) is 0 Å². The average Bonchev–Trinajstić information content (AvgIpc) is 3.49. The van der Waals surface area contributed by atoms with Gasteiger partial charge >= 0.3 is 49.4 Å². The van der Waals surface area contributed by atoms with E-state index in [1.165, 1.54) is 0 Å². The highest BCUT2D eigenvalue weighted by Gasteiger charge is 2.47. The third kappa shape index (κ3) is 14.1. The van der Waals surface area contributed by atoms with Gasteiger partial charge in [0.15, 0.2) is 18.2 Å². The molecule has 0 unspecified atom stereocenters. The third-order valence-corrected chi connectivity index (χ3v) is 12.0. The van der Waals surface area contributed by atoms with Gasteiger partial charge < -0.3 is 0 Å². The maximum Gasteiger partial charge on any atom is 0.416 e. The number of hydrogen-bond acceptors (Lipinski definition) is 3. The van der Waals surface area contributed by atoms with Crippen LogP contribution in [0.2, 0.25) is 0 Å². The van der Waals surface area contributed by atoms with E-state index in [9.17, 15) is 115 Å².